The third kappa shape index (κ3) is 3.02. The average molecular weight is 235 g/mol. The molecule has 0 saturated carbocycles. The second-order valence-corrected chi connectivity index (χ2v) is 3.68. The molecular formula is C12H17N3O2. The van der Waals surface area contributed by atoms with Gasteiger partial charge in [-0.1, -0.05) is 6.08 Å². The quantitative estimate of drug-likeness (QED) is 0.759. The molecule has 2 N–H and O–H groups in total. The number of anilines is 1. The van der Waals surface area contributed by atoms with E-state index in [4.69, 9.17) is 20.5 Å². The van der Waals surface area contributed by atoms with Gasteiger partial charge in [-0.15, -0.1) is 6.58 Å². The zero-order valence-corrected chi connectivity index (χ0v) is 10.1. The Hall–Kier alpha value is -1.93. The Morgan fingerprint density at radius 2 is 2.41 bits per heavy atom. The summed E-state index contributed by atoms with van der Waals surface area (Å²) in [6.45, 7) is 6.46. The summed E-state index contributed by atoms with van der Waals surface area (Å²) in [5.74, 6) is 0.492. The zero-order valence-electron chi connectivity index (χ0n) is 10.1. The Morgan fingerprint density at radius 1 is 1.71 bits per heavy atom. The van der Waals surface area contributed by atoms with Crippen molar-refractivity contribution in [3.8, 4) is 11.9 Å². The largest absolute Gasteiger partial charge is 0.472 e. The molecule has 0 radical (unpaired) electrons. The van der Waals surface area contributed by atoms with Crippen LogP contribution in [0.2, 0.25) is 0 Å². The van der Waals surface area contributed by atoms with Crippen LogP contribution in [-0.4, -0.2) is 24.4 Å². The molecule has 0 aliphatic rings. The minimum absolute atomic E-state index is 0.132. The summed E-state index contributed by atoms with van der Waals surface area (Å²) in [5.41, 5.74) is 6.73. The van der Waals surface area contributed by atoms with Crippen LogP contribution in [0.1, 0.15) is 12.6 Å². The number of methoxy groups -OCH3 is 1. The summed E-state index contributed by atoms with van der Waals surface area (Å²) >= 11 is 0. The van der Waals surface area contributed by atoms with Crippen LogP contribution in [-0.2, 0) is 11.3 Å². The van der Waals surface area contributed by atoms with E-state index in [0.29, 0.717) is 30.4 Å². The monoisotopic (exact) mass is 235 g/mol. The van der Waals surface area contributed by atoms with E-state index >= 15 is 0 Å². The van der Waals surface area contributed by atoms with Crippen molar-refractivity contribution in [2.75, 3.05) is 19.5 Å². The third-order valence-corrected chi connectivity index (χ3v) is 2.22. The van der Waals surface area contributed by atoms with Crippen molar-refractivity contribution in [3.05, 3.63) is 24.4 Å². The van der Waals surface area contributed by atoms with E-state index < -0.39 is 0 Å². The molecule has 1 heterocycles. The van der Waals surface area contributed by atoms with E-state index in [2.05, 4.69) is 12.6 Å². The normalized spacial score (nSPS) is 11.8. The number of ether oxygens (including phenoxy) is 2. The maximum atomic E-state index is 8.98. The van der Waals surface area contributed by atoms with Crippen LogP contribution in [0.4, 0.5) is 5.69 Å². The van der Waals surface area contributed by atoms with Crippen LogP contribution in [0.3, 0.4) is 0 Å². The summed E-state index contributed by atoms with van der Waals surface area (Å²) in [4.78, 5) is 0. The molecule has 1 atom stereocenters. The van der Waals surface area contributed by atoms with Crippen LogP contribution in [0.15, 0.2) is 18.7 Å². The average Bonchev–Trinajstić information content (AvgIpc) is 2.58. The fourth-order valence-electron chi connectivity index (χ4n) is 1.55. The number of hydrogen-bond donors (Lipinski definition) is 1. The second-order valence-electron chi connectivity index (χ2n) is 3.68. The number of aromatic nitrogens is 1. The van der Waals surface area contributed by atoms with Gasteiger partial charge >= 0.3 is 0 Å². The first-order valence-corrected chi connectivity index (χ1v) is 5.29. The van der Waals surface area contributed by atoms with Gasteiger partial charge in [0.05, 0.1) is 12.3 Å². The lowest BCUT2D eigenvalue weighted by atomic mass is 10.4. The van der Waals surface area contributed by atoms with Gasteiger partial charge in [-0.25, -0.2) is 0 Å². The highest BCUT2D eigenvalue weighted by atomic mass is 16.5. The first kappa shape index (κ1) is 13.1. The molecule has 5 heteroatoms. The van der Waals surface area contributed by atoms with E-state index in [9.17, 15) is 0 Å². The molecule has 0 unspecified atom stereocenters. The van der Waals surface area contributed by atoms with Gasteiger partial charge in [0.15, 0.2) is 0 Å². The Morgan fingerprint density at radius 3 is 2.94 bits per heavy atom. The lowest BCUT2D eigenvalue weighted by molar-refractivity contribution is 0.0870. The molecule has 17 heavy (non-hydrogen) atoms. The molecule has 0 spiro atoms. The van der Waals surface area contributed by atoms with Crippen molar-refractivity contribution in [3.63, 3.8) is 0 Å². The molecule has 0 fully saturated rings. The van der Waals surface area contributed by atoms with Gasteiger partial charge in [0, 0.05) is 19.7 Å². The molecule has 0 saturated heterocycles. The summed E-state index contributed by atoms with van der Waals surface area (Å²) in [5, 5.41) is 8.98. The van der Waals surface area contributed by atoms with Gasteiger partial charge in [-0.2, -0.15) is 5.26 Å². The number of nitrogens with two attached hydrogens (primary N) is 1. The molecule has 0 amide bonds. The third-order valence-electron chi connectivity index (χ3n) is 2.22. The Bertz CT molecular complexity index is 432. The number of hydrogen-bond acceptors (Lipinski definition) is 4. The van der Waals surface area contributed by atoms with Crippen molar-refractivity contribution in [2.24, 2.45) is 0 Å². The van der Waals surface area contributed by atoms with Gasteiger partial charge in [-0.05, 0) is 6.92 Å². The Kier molecular flexibility index (Phi) is 4.61. The molecule has 1 aromatic rings. The van der Waals surface area contributed by atoms with Gasteiger partial charge in [0.1, 0.15) is 17.9 Å². The number of nitrogen functional groups attached to an aromatic ring is 1. The minimum Gasteiger partial charge on any atom is -0.472 e. The lowest BCUT2D eigenvalue weighted by Crippen LogP contribution is -2.20. The van der Waals surface area contributed by atoms with Gasteiger partial charge < -0.3 is 15.2 Å². The summed E-state index contributed by atoms with van der Waals surface area (Å²) < 4.78 is 12.3. The molecule has 1 rings (SSSR count). The number of nitriles is 1. The minimum atomic E-state index is -0.132. The maximum absolute atomic E-state index is 8.98. The van der Waals surface area contributed by atoms with Crippen molar-refractivity contribution < 1.29 is 9.47 Å². The fourth-order valence-corrected chi connectivity index (χ4v) is 1.55. The zero-order chi connectivity index (χ0) is 12.8. The van der Waals surface area contributed by atoms with E-state index in [0.717, 1.165) is 0 Å². The van der Waals surface area contributed by atoms with Gasteiger partial charge in [0.2, 0.25) is 5.88 Å². The highest BCUT2D eigenvalue weighted by Gasteiger charge is 2.16. The van der Waals surface area contributed by atoms with E-state index in [1.807, 2.05) is 6.92 Å². The molecule has 0 aliphatic carbocycles. The second kappa shape index (κ2) is 5.97. The van der Waals surface area contributed by atoms with Crippen LogP contribution in [0, 0.1) is 11.3 Å². The van der Waals surface area contributed by atoms with E-state index in [1.54, 1.807) is 23.8 Å². The SMILES string of the molecule is C=CCn1c(C#N)cc(N)c1O[C@@H](C)COC. The van der Waals surface area contributed by atoms with Crippen molar-refractivity contribution in [1.82, 2.24) is 4.57 Å². The maximum Gasteiger partial charge on any atom is 0.219 e. The first-order chi connectivity index (χ1) is 8.13. The number of rotatable bonds is 6. The van der Waals surface area contributed by atoms with E-state index in [1.165, 1.54) is 0 Å². The molecule has 0 aromatic carbocycles. The first-order valence-electron chi connectivity index (χ1n) is 5.29. The van der Waals surface area contributed by atoms with Crippen LogP contribution in [0.5, 0.6) is 5.88 Å². The Labute approximate surface area is 101 Å². The van der Waals surface area contributed by atoms with Crippen molar-refractivity contribution in [2.45, 2.75) is 19.6 Å². The standard InChI is InChI=1S/C12H17N3O2/c1-4-5-15-10(7-13)6-11(14)12(15)17-9(2)8-16-3/h4,6,9H,1,5,8,14H2,2-3H3/t9-/m0/s1. The topological polar surface area (TPSA) is 73.2 Å². The molecule has 1 aromatic heterocycles. The predicted octanol–water partition coefficient (Wildman–Crippen LogP) is 1.54. The van der Waals surface area contributed by atoms with Crippen molar-refractivity contribution in [1.29, 1.82) is 5.26 Å². The molecular weight excluding hydrogens is 218 g/mol. The molecule has 5 nitrogen and oxygen atoms in total. The predicted molar refractivity (Wildman–Crippen MR) is 65.7 cm³/mol. The van der Waals surface area contributed by atoms with E-state index in [-0.39, 0.29) is 6.10 Å². The Balaban J connectivity index is 3.00. The van der Waals surface area contributed by atoms with Gasteiger partial charge in [0.25, 0.3) is 0 Å². The lowest BCUT2D eigenvalue weighted by Gasteiger charge is -2.16. The van der Waals surface area contributed by atoms with Crippen LogP contribution in [0.25, 0.3) is 0 Å². The van der Waals surface area contributed by atoms with Gasteiger partial charge in [-0.3, -0.25) is 4.57 Å². The number of allylic oxidation sites excluding steroid dienone is 1. The van der Waals surface area contributed by atoms with Crippen molar-refractivity contribution >= 4 is 5.69 Å². The summed E-state index contributed by atoms with van der Waals surface area (Å²) in [6, 6.07) is 3.67. The summed E-state index contributed by atoms with van der Waals surface area (Å²) in [6.07, 6.45) is 1.56. The van der Waals surface area contributed by atoms with Crippen LogP contribution < -0.4 is 10.5 Å². The fraction of sp³-hybridized carbons (Fsp3) is 0.417. The highest BCUT2D eigenvalue weighted by molar-refractivity contribution is 5.55. The molecule has 0 aliphatic heterocycles. The smallest absolute Gasteiger partial charge is 0.219 e. The van der Waals surface area contributed by atoms with Crippen LogP contribution >= 0.6 is 0 Å². The highest BCUT2D eigenvalue weighted by Crippen LogP contribution is 2.27. The molecule has 92 valence electrons. The summed E-state index contributed by atoms with van der Waals surface area (Å²) in [7, 11) is 1.60. The molecule has 0 bridgehead atoms. The number of nitrogens with zero attached hydrogens (tertiary/aromatic N) is 2.